The second-order valence-corrected chi connectivity index (χ2v) is 8.24. The van der Waals surface area contributed by atoms with Crippen LogP contribution in [0.4, 0.5) is 5.82 Å². The monoisotopic (exact) mass is 474 g/mol. The van der Waals surface area contributed by atoms with Gasteiger partial charge in [0, 0.05) is 41.2 Å². The number of aryl methyl sites for hydroxylation is 2. The van der Waals surface area contributed by atoms with Gasteiger partial charge in [-0.05, 0) is 62.8 Å². The summed E-state index contributed by atoms with van der Waals surface area (Å²) in [5, 5.41) is 15.0. The number of carbonyl (C=O) groups is 1. The molecule has 186 valence electrons. The molecular weight excluding hydrogens is 436 g/mol. The Balaban J connectivity index is 0.00000210. The van der Waals surface area contributed by atoms with Crippen LogP contribution in [0.15, 0.2) is 42.6 Å². The zero-order valence-electron chi connectivity index (χ0n) is 21.8. The standard InChI is InChI=1S/C27H32N4O2.C2H6/c1-5-31(6-2)17-22(32)15-30-27(33)21-10-7-20(8-11-21)9-12-23-24-14-18(3)13-19(4)25(24)16-29-26(23)28;1-2/h7-8,10-11,13-14,16,22,32H,5-6,15,17H2,1-4H3,(H2,28,29)(H,30,33);1-2H3. The number of rotatable bonds is 7. The van der Waals surface area contributed by atoms with Crippen LogP contribution in [-0.2, 0) is 0 Å². The van der Waals surface area contributed by atoms with Gasteiger partial charge < -0.3 is 21.1 Å². The molecule has 35 heavy (non-hydrogen) atoms. The minimum absolute atomic E-state index is 0.211. The summed E-state index contributed by atoms with van der Waals surface area (Å²) in [5.74, 6) is 6.49. The number of hydrogen-bond donors (Lipinski definition) is 3. The topological polar surface area (TPSA) is 91.5 Å². The Morgan fingerprint density at radius 3 is 2.37 bits per heavy atom. The Bertz CT molecular complexity index is 1190. The molecule has 0 aliphatic rings. The van der Waals surface area contributed by atoms with Gasteiger partial charge in [-0.25, -0.2) is 4.98 Å². The van der Waals surface area contributed by atoms with Gasteiger partial charge in [0.1, 0.15) is 5.82 Å². The van der Waals surface area contributed by atoms with Crippen molar-refractivity contribution in [2.75, 3.05) is 31.9 Å². The third-order valence-electron chi connectivity index (χ3n) is 5.73. The number of anilines is 1. The fourth-order valence-corrected chi connectivity index (χ4v) is 3.82. The van der Waals surface area contributed by atoms with Crippen molar-refractivity contribution in [2.45, 2.75) is 47.6 Å². The Hall–Kier alpha value is -3.40. The molecule has 0 aliphatic carbocycles. The van der Waals surface area contributed by atoms with Crippen molar-refractivity contribution < 1.29 is 9.90 Å². The first-order valence-corrected chi connectivity index (χ1v) is 12.3. The number of hydrogen-bond acceptors (Lipinski definition) is 5. The number of likely N-dealkylation sites (N-methyl/N-ethyl adjacent to an activating group) is 1. The lowest BCUT2D eigenvalue weighted by molar-refractivity contribution is 0.0869. The smallest absolute Gasteiger partial charge is 0.251 e. The Labute approximate surface area is 209 Å². The third-order valence-corrected chi connectivity index (χ3v) is 5.73. The van der Waals surface area contributed by atoms with Crippen LogP contribution in [0.2, 0.25) is 0 Å². The Kier molecular flexibility index (Phi) is 10.7. The zero-order chi connectivity index (χ0) is 26.0. The molecule has 3 aromatic rings. The normalized spacial score (nSPS) is 11.3. The first kappa shape index (κ1) is 27.8. The number of nitrogens with one attached hydrogen (secondary N) is 1. The molecule has 3 rings (SSSR count). The Morgan fingerprint density at radius 1 is 1.09 bits per heavy atom. The summed E-state index contributed by atoms with van der Waals surface area (Å²) in [6.45, 7) is 14.7. The van der Waals surface area contributed by atoms with Crippen LogP contribution >= 0.6 is 0 Å². The van der Waals surface area contributed by atoms with E-state index in [-0.39, 0.29) is 12.5 Å². The zero-order valence-corrected chi connectivity index (χ0v) is 21.8. The van der Waals surface area contributed by atoms with Crippen molar-refractivity contribution in [3.8, 4) is 11.8 Å². The summed E-state index contributed by atoms with van der Waals surface area (Å²) in [4.78, 5) is 18.8. The minimum atomic E-state index is -0.606. The van der Waals surface area contributed by atoms with Gasteiger partial charge >= 0.3 is 0 Å². The summed E-state index contributed by atoms with van der Waals surface area (Å²) >= 11 is 0. The lowest BCUT2D eigenvalue weighted by atomic mass is 10.00. The number of amides is 1. The second-order valence-electron chi connectivity index (χ2n) is 8.24. The molecule has 1 unspecified atom stereocenters. The van der Waals surface area contributed by atoms with E-state index in [1.54, 1.807) is 30.5 Å². The van der Waals surface area contributed by atoms with Gasteiger partial charge in [0.25, 0.3) is 5.91 Å². The number of aromatic nitrogens is 1. The van der Waals surface area contributed by atoms with Crippen LogP contribution in [0.3, 0.4) is 0 Å². The van der Waals surface area contributed by atoms with E-state index in [9.17, 15) is 9.90 Å². The van der Waals surface area contributed by atoms with Crippen molar-refractivity contribution in [2.24, 2.45) is 0 Å². The molecule has 0 bridgehead atoms. The molecule has 1 atom stereocenters. The number of nitrogens with two attached hydrogens (primary N) is 1. The highest BCUT2D eigenvalue weighted by atomic mass is 16.3. The van der Waals surface area contributed by atoms with E-state index in [1.165, 1.54) is 0 Å². The van der Waals surface area contributed by atoms with E-state index in [1.807, 2.05) is 34.6 Å². The largest absolute Gasteiger partial charge is 0.390 e. The molecule has 1 amide bonds. The number of nitrogen functional groups attached to an aromatic ring is 1. The summed E-state index contributed by atoms with van der Waals surface area (Å²) in [6, 6.07) is 11.3. The molecule has 0 aliphatic heterocycles. The highest BCUT2D eigenvalue weighted by Gasteiger charge is 2.12. The summed E-state index contributed by atoms with van der Waals surface area (Å²) in [6.07, 6.45) is 1.18. The van der Waals surface area contributed by atoms with Crippen molar-refractivity contribution in [3.05, 3.63) is 70.4 Å². The van der Waals surface area contributed by atoms with Gasteiger partial charge in [-0.3, -0.25) is 4.79 Å². The van der Waals surface area contributed by atoms with Crippen LogP contribution in [0.5, 0.6) is 0 Å². The Morgan fingerprint density at radius 2 is 1.74 bits per heavy atom. The van der Waals surface area contributed by atoms with Gasteiger partial charge in [-0.1, -0.05) is 51.2 Å². The first-order valence-electron chi connectivity index (χ1n) is 12.3. The van der Waals surface area contributed by atoms with Crippen molar-refractivity contribution in [1.29, 1.82) is 0 Å². The molecule has 0 radical (unpaired) electrons. The summed E-state index contributed by atoms with van der Waals surface area (Å²) in [7, 11) is 0. The van der Waals surface area contributed by atoms with Crippen LogP contribution in [-0.4, -0.2) is 53.2 Å². The number of fused-ring (bicyclic) bond motifs is 1. The minimum Gasteiger partial charge on any atom is -0.390 e. The van der Waals surface area contributed by atoms with Gasteiger partial charge in [0.05, 0.1) is 11.7 Å². The predicted molar refractivity (Wildman–Crippen MR) is 146 cm³/mol. The average molecular weight is 475 g/mol. The molecule has 0 spiro atoms. The molecule has 0 fully saturated rings. The van der Waals surface area contributed by atoms with E-state index in [0.29, 0.717) is 23.5 Å². The maximum atomic E-state index is 12.4. The van der Waals surface area contributed by atoms with E-state index >= 15 is 0 Å². The highest BCUT2D eigenvalue weighted by Crippen LogP contribution is 2.25. The fraction of sp³-hybridized carbons (Fsp3) is 0.379. The van der Waals surface area contributed by atoms with E-state index in [4.69, 9.17) is 5.73 Å². The van der Waals surface area contributed by atoms with Gasteiger partial charge in [-0.2, -0.15) is 0 Å². The quantitative estimate of drug-likeness (QED) is 0.444. The predicted octanol–water partition coefficient (Wildman–Crippen LogP) is 4.29. The lowest BCUT2D eigenvalue weighted by Crippen LogP contribution is -2.40. The van der Waals surface area contributed by atoms with Crippen molar-refractivity contribution in [1.82, 2.24) is 15.2 Å². The first-order chi connectivity index (χ1) is 16.8. The highest BCUT2D eigenvalue weighted by molar-refractivity contribution is 5.95. The fourth-order valence-electron chi connectivity index (χ4n) is 3.82. The number of benzene rings is 2. The molecule has 4 N–H and O–H groups in total. The summed E-state index contributed by atoms with van der Waals surface area (Å²) in [5.41, 5.74) is 10.4. The van der Waals surface area contributed by atoms with Crippen LogP contribution in [0, 0.1) is 25.7 Å². The number of aliphatic hydroxyl groups excluding tert-OH is 1. The van der Waals surface area contributed by atoms with Crippen LogP contribution < -0.4 is 11.1 Å². The number of nitrogens with zero attached hydrogens (tertiary/aromatic N) is 2. The second kappa shape index (κ2) is 13.5. The van der Waals surface area contributed by atoms with E-state index in [2.05, 4.69) is 46.1 Å². The molecule has 6 nitrogen and oxygen atoms in total. The molecule has 1 heterocycles. The SMILES string of the molecule is CC.CCN(CC)CC(O)CNC(=O)c1ccc(C#Cc2c(N)ncc3c(C)cc(C)cc23)cc1. The van der Waals surface area contributed by atoms with Crippen LogP contribution in [0.1, 0.15) is 60.3 Å². The average Bonchev–Trinajstić information content (AvgIpc) is 2.86. The third kappa shape index (κ3) is 7.54. The lowest BCUT2D eigenvalue weighted by Gasteiger charge is -2.22. The van der Waals surface area contributed by atoms with Crippen molar-refractivity contribution in [3.63, 3.8) is 0 Å². The van der Waals surface area contributed by atoms with Gasteiger partial charge in [0.2, 0.25) is 0 Å². The van der Waals surface area contributed by atoms with Gasteiger partial charge in [0.15, 0.2) is 0 Å². The molecular formula is C29H38N4O2. The maximum Gasteiger partial charge on any atom is 0.251 e. The van der Waals surface area contributed by atoms with Crippen molar-refractivity contribution >= 4 is 22.5 Å². The number of pyridine rings is 1. The number of aliphatic hydroxyl groups is 1. The molecule has 0 saturated heterocycles. The van der Waals surface area contributed by atoms with E-state index < -0.39 is 6.10 Å². The maximum absolute atomic E-state index is 12.4. The number of carbonyl (C=O) groups excluding carboxylic acids is 1. The molecule has 1 aromatic heterocycles. The van der Waals surface area contributed by atoms with E-state index in [0.717, 1.165) is 40.6 Å². The molecule has 2 aromatic carbocycles. The molecule has 0 saturated carbocycles. The molecule has 6 heteroatoms. The van der Waals surface area contributed by atoms with Gasteiger partial charge in [-0.15, -0.1) is 0 Å². The van der Waals surface area contributed by atoms with Crippen LogP contribution in [0.25, 0.3) is 10.8 Å². The summed E-state index contributed by atoms with van der Waals surface area (Å²) < 4.78 is 0.